The molecule has 10 heteroatoms. The zero-order chi connectivity index (χ0) is 22.1. The van der Waals surface area contributed by atoms with Gasteiger partial charge in [0.05, 0.1) is 19.9 Å². The number of carbonyl (C=O) groups is 1. The van der Waals surface area contributed by atoms with Gasteiger partial charge in [-0.3, -0.25) is 5.01 Å². The lowest BCUT2D eigenvalue weighted by Crippen LogP contribution is -2.49. The van der Waals surface area contributed by atoms with Gasteiger partial charge >= 0.3 is 5.97 Å². The van der Waals surface area contributed by atoms with Crippen molar-refractivity contribution < 1.29 is 27.8 Å². The second-order valence-electron chi connectivity index (χ2n) is 7.42. The lowest BCUT2D eigenvalue weighted by atomic mass is 9.97. The summed E-state index contributed by atoms with van der Waals surface area (Å²) in [7, 11) is 6.49. The van der Waals surface area contributed by atoms with Crippen molar-refractivity contribution in [1.82, 2.24) is 9.91 Å². The molecule has 1 fully saturated rings. The molecule has 1 saturated carbocycles. The number of hydrogen-bond donors (Lipinski definition) is 0. The van der Waals surface area contributed by atoms with Crippen LogP contribution in [0.2, 0.25) is 0 Å². The molecule has 0 aliphatic heterocycles. The van der Waals surface area contributed by atoms with Gasteiger partial charge in [-0.1, -0.05) is 12.8 Å². The molecule has 0 saturated heterocycles. The molecule has 1 aromatic rings. The van der Waals surface area contributed by atoms with Gasteiger partial charge in [-0.25, -0.2) is 9.18 Å². The van der Waals surface area contributed by atoms with E-state index in [4.69, 9.17) is 14.2 Å². The maximum Gasteiger partial charge on any atom is 0.333 e. The smallest absolute Gasteiger partial charge is 0.333 e. The van der Waals surface area contributed by atoms with Gasteiger partial charge < -0.3 is 19.1 Å². The first-order valence-corrected chi connectivity index (χ1v) is 10.00. The van der Waals surface area contributed by atoms with Crippen molar-refractivity contribution >= 4 is 24.6 Å². The molecular formula is C21H32ClF2N3O4. The molecule has 0 spiro atoms. The van der Waals surface area contributed by atoms with Crippen molar-refractivity contribution in [1.29, 1.82) is 0 Å². The van der Waals surface area contributed by atoms with Gasteiger partial charge in [0.25, 0.3) is 0 Å². The lowest BCUT2D eigenvalue weighted by Gasteiger charge is -2.33. The van der Waals surface area contributed by atoms with E-state index in [9.17, 15) is 13.6 Å². The summed E-state index contributed by atoms with van der Waals surface area (Å²) in [5.74, 6) is -2.63. The van der Waals surface area contributed by atoms with Crippen LogP contribution in [0.3, 0.4) is 0 Å². The molecule has 0 bridgehead atoms. The third-order valence-electron chi connectivity index (χ3n) is 5.47. The molecule has 0 radical (unpaired) electrons. The third kappa shape index (κ3) is 6.75. The van der Waals surface area contributed by atoms with Crippen molar-refractivity contribution in [3.63, 3.8) is 0 Å². The molecule has 2 rings (SSSR count). The number of nitrogens with zero attached hydrogens (tertiary/aromatic N) is 3. The summed E-state index contributed by atoms with van der Waals surface area (Å²) in [6.45, 7) is 2.06. The molecule has 0 atom stereocenters. The summed E-state index contributed by atoms with van der Waals surface area (Å²) in [5, 5.41) is 5.69. The zero-order valence-electron chi connectivity index (χ0n) is 18.5. The van der Waals surface area contributed by atoms with Gasteiger partial charge in [0.2, 0.25) is 5.82 Å². The average molecular weight is 464 g/mol. The van der Waals surface area contributed by atoms with Crippen LogP contribution in [0.25, 0.3) is 0 Å². The van der Waals surface area contributed by atoms with E-state index in [0.717, 1.165) is 12.8 Å². The summed E-state index contributed by atoms with van der Waals surface area (Å²) in [4.78, 5) is 14.2. The molecule has 176 valence electrons. The number of benzene rings is 1. The van der Waals surface area contributed by atoms with Gasteiger partial charge in [-0.15, -0.1) is 12.4 Å². The molecule has 0 N–H and O–H groups in total. The zero-order valence-corrected chi connectivity index (χ0v) is 19.3. The van der Waals surface area contributed by atoms with E-state index in [1.165, 1.54) is 30.5 Å². The number of hydrazone groups is 1. The van der Waals surface area contributed by atoms with E-state index < -0.39 is 17.2 Å². The Labute approximate surface area is 188 Å². The van der Waals surface area contributed by atoms with Crippen LogP contribution in [0.15, 0.2) is 17.2 Å². The first-order chi connectivity index (χ1) is 14.4. The molecule has 0 amide bonds. The number of hydrogen-bond acceptors (Lipinski definition) is 7. The van der Waals surface area contributed by atoms with E-state index in [1.807, 2.05) is 11.9 Å². The number of ether oxygens (including phenoxy) is 3. The number of methoxy groups -OCH3 is 2. The van der Waals surface area contributed by atoms with Crippen molar-refractivity contribution in [2.24, 2.45) is 5.10 Å². The van der Waals surface area contributed by atoms with E-state index >= 15 is 0 Å². The van der Waals surface area contributed by atoms with Crippen LogP contribution in [0, 0.1) is 11.6 Å². The van der Waals surface area contributed by atoms with E-state index in [2.05, 4.69) is 5.10 Å². The molecule has 1 aliphatic rings. The van der Waals surface area contributed by atoms with Gasteiger partial charge in [0.15, 0.2) is 17.1 Å². The number of carbonyl (C=O) groups excluding carboxylic acids is 1. The van der Waals surface area contributed by atoms with Crippen molar-refractivity contribution in [2.45, 2.75) is 31.2 Å². The largest absolute Gasteiger partial charge is 0.489 e. The standard InChI is InChI=1S/C21H31F2N3O4.ClH/c1-25(11-13-28-3)12-14-30-17-8-7-16(18(22)19(17)23)15-24-26(2)21(20(27)29-4)9-5-6-10-21;/h7-8,15H,5-6,9-14H2,1-4H3;1H. The Morgan fingerprint density at radius 2 is 1.77 bits per heavy atom. The third-order valence-corrected chi connectivity index (χ3v) is 5.47. The Morgan fingerprint density at radius 1 is 1.13 bits per heavy atom. The van der Waals surface area contributed by atoms with E-state index in [-0.39, 0.29) is 36.3 Å². The van der Waals surface area contributed by atoms with Crippen LogP contribution in [0.4, 0.5) is 8.78 Å². The van der Waals surface area contributed by atoms with Crippen molar-refractivity contribution in [2.75, 3.05) is 54.6 Å². The quantitative estimate of drug-likeness (QED) is 0.285. The summed E-state index contributed by atoms with van der Waals surface area (Å²) < 4.78 is 44.2. The second-order valence-corrected chi connectivity index (χ2v) is 7.42. The predicted octanol–water partition coefficient (Wildman–Crippen LogP) is 3.10. The minimum absolute atomic E-state index is 0. The first kappa shape index (κ1) is 27.1. The van der Waals surface area contributed by atoms with Crippen LogP contribution in [-0.2, 0) is 14.3 Å². The fourth-order valence-electron chi connectivity index (χ4n) is 3.50. The second kappa shape index (κ2) is 12.8. The lowest BCUT2D eigenvalue weighted by molar-refractivity contribution is -0.154. The van der Waals surface area contributed by atoms with Gasteiger partial charge in [0.1, 0.15) is 6.61 Å². The maximum absolute atomic E-state index is 14.5. The van der Waals surface area contributed by atoms with Crippen LogP contribution in [-0.4, -0.2) is 82.2 Å². The van der Waals surface area contributed by atoms with Crippen LogP contribution in [0.5, 0.6) is 5.75 Å². The highest BCUT2D eigenvalue weighted by Crippen LogP contribution is 2.36. The fourth-order valence-corrected chi connectivity index (χ4v) is 3.50. The maximum atomic E-state index is 14.5. The first-order valence-electron chi connectivity index (χ1n) is 10.00. The molecule has 1 aromatic carbocycles. The Bertz CT molecular complexity index is 746. The molecule has 0 unspecified atom stereocenters. The SMILES string of the molecule is COCCN(C)CCOc1ccc(C=NN(C)C2(C(=O)OC)CCCC2)c(F)c1F.Cl. The van der Waals surface area contributed by atoms with E-state index in [1.54, 1.807) is 14.2 Å². The van der Waals surface area contributed by atoms with Gasteiger partial charge in [0, 0.05) is 32.8 Å². The highest BCUT2D eigenvalue weighted by atomic mass is 35.5. The molecule has 0 aromatic heterocycles. The van der Waals surface area contributed by atoms with E-state index in [0.29, 0.717) is 32.5 Å². The number of likely N-dealkylation sites (N-methyl/N-ethyl adjacent to an activating group) is 2. The molecule has 1 aliphatic carbocycles. The molecule has 31 heavy (non-hydrogen) atoms. The highest BCUT2D eigenvalue weighted by Gasteiger charge is 2.46. The predicted molar refractivity (Wildman–Crippen MR) is 117 cm³/mol. The Morgan fingerprint density at radius 3 is 2.39 bits per heavy atom. The summed E-state index contributed by atoms with van der Waals surface area (Å²) in [6.07, 6.45) is 4.19. The van der Waals surface area contributed by atoms with Gasteiger partial charge in [-0.05, 0) is 32.0 Å². The number of esters is 1. The minimum atomic E-state index is -1.07. The fraction of sp³-hybridized carbons (Fsp3) is 0.619. The summed E-state index contributed by atoms with van der Waals surface area (Å²) in [5.41, 5.74) is -0.889. The Kier molecular flexibility index (Phi) is 11.2. The minimum Gasteiger partial charge on any atom is -0.489 e. The topological polar surface area (TPSA) is 63.6 Å². The summed E-state index contributed by atoms with van der Waals surface area (Å²) >= 11 is 0. The number of rotatable bonds is 11. The normalized spacial score (nSPS) is 15.2. The van der Waals surface area contributed by atoms with Crippen LogP contribution >= 0.6 is 12.4 Å². The molecular weight excluding hydrogens is 432 g/mol. The molecule has 7 nitrogen and oxygen atoms in total. The van der Waals surface area contributed by atoms with Crippen LogP contribution < -0.4 is 4.74 Å². The monoisotopic (exact) mass is 463 g/mol. The molecule has 0 heterocycles. The van der Waals surface area contributed by atoms with Crippen molar-refractivity contribution in [3.05, 3.63) is 29.3 Å². The highest BCUT2D eigenvalue weighted by molar-refractivity contribution is 5.85. The van der Waals surface area contributed by atoms with Crippen LogP contribution in [0.1, 0.15) is 31.2 Å². The van der Waals surface area contributed by atoms with Gasteiger partial charge in [-0.2, -0.15) is 9.49 Å². The Hall–Kier alpha value is -1.97. The summed E-state index contributed by atoms with van der Waals surface area (Å²) in [6, 6.07) is 2.78. The number of halogens is 3. The van der Waals surface area contributed by atoms with Crippen molar-refractivity contribution in [3.8, 4) is 5.75 Å². The average Bonchev–Trinajstić information content (AvgIpc) is 3.25. The Balaban J connectivity index is 0.00000480.